The zero-order chi connectivity index (χ0) is 21.0. The molecule has 2 aromatic heterocycles. The number of hydrogen-bond acceptors (Lipinski definition) is 5. The molecule has 1 N–H and O–H groups in total. The Morgan fingerprint density at radius 2 is 1.93 bits per heavy atom. The lowest BCUT2D eigenvalue weighted by Crippen LogP contribution is -2.30. The van der Waals surface area contributed by atoms with Crippen LogP contribution in [0.2, 0.25) is 0 Å². The van der Waals surface area contributed by atoms with Crippen LogP contribution in [0.15, 0.2) is 74.5 Å². The van der Waals surface area contributed by atoms with Crippen molar-refractivity contribution in [1.82, 2.24) is 4.98 Å². The van der Waals surface area contributed by atoms with E-state index in [0.717, 1.165) is 10.0 Å². The summed E-state index contributed by atoms with van der Waals surface area (Å²) in [5.41, 5.74) is 1.82. The van der Waals surface area contributed by atoms with Gasteiger partial charge >= 0.3 is 0 Å². The van der Waals surface area contributed by atoms with Gasteiger partial charge in [-0.1, -0.05) is 34.1 Å². The average molecular weight is 463 g/mol. The van der Waals surface area contributed by atoms with Crippen LogP contribution in [0.4, 0.5) is 5.82 Å². The number of carbonyl (C=O) groups excluding carboxylic acids is 1. The number of phenolic OH excluding ortho intramolecular Hbond substituents is 1. The molecule has 3 heterocycles. The van der Waals surface area contributed by atoms with Gasteiger partial charge in [-0.25, -0.2) is 4.98 Å². The normalized spacial score (nSPS) is 15.6. The summed E-state index contributed by atoms with van der Waals surface area (Å²) in [7, 11) is 0. The van der Waals surface area contributed by atoms with Crippen molar-refractivity contribution in [3.8, 4) is 5.75 Å². The molecule has 148 valence electrons. The van der Waals surface area contributed by atoms with Crippen LogP contribution in [0, 0.1) is 6.92 Å². The number of aromatic hydroxyl groups is 1. The smallest absolute Gasteiger partial charge is 0.296 e. The number of rotatable bonds is 2. The van der Waals surface area contributed by atoms with Crippen LogP contribution < -0.4 is 10.3 Å². The predicted octanol–water partition coefficient (Wildman–Crippen LogP) is 4.71. The van der Waals surface area contributed by atoms with Crippen LogP contribution in [-0.4, -0.2) is 16.0 Å². The van der Waals surface area contributed by atoms with Crippen molar-refractivity contribution < 1.29 is 14.3 Å². The van der Waals surface area contributed by atoms with Crippen LogP contribution in [0.3, 0.4) is 0 Å². The summed E-state index contributed by atoms with van der Waals surface area (Å²) in [6, 6.07) is 14.4. The quantitative estimate of drug-likeness (QED) is 0.466. The summed E-state index contributed by atoms with van der Waals surface area (Å²) in [5, 5.41) is 10.4. The molecule has 6 nitrogen and oxygen atoms in total. The van der Waals surface area contributed by atoms with Crippen molar-refractivity contribution in [2.45, 2.75) is 13.0 Å². The number of pyridine rings is 1. The molecule has 1 amide bonds. The third kappa shape index (κ3) is 2.81. The largest absolute Gasteiger partial charge is 0.508 e. The first-order valence-corrected chi connectivity index (χ1v) is 10.0. The van der Waals surface area contributed by atoms with E-state index in [4.69, 9.17) is 4.42 Å². The number of phenols is 1. The fraction of sp³-hybridized carbons (Fsp3) is 0.0870. The first-order valence-electron chi connectivity index (χ1n) is 9.25. The number of aromatic nitrogens is 1. The van der Waals surface area contributed by atoms with Gasteiger partial charge in [0.25, 0.3) is 5.91 Å². The second-order valence-electron chi connectivity index (χ2n) is 7.18. The Morgan fingerprint density at radius 3 is 2.67 bits per heavy atom. The Balaban J connectivity index is 1.83. The topological polar surface area (TPSA) is 83.6 Å². The van der Waals surface area contributed by atoms with Crippen molar-refractivity contribution in [1.29, 1.82) is 0 Å². The van der Waals surface area contributed by atoms with Gasteiger partial charge in [0, 0.05) is 10.7 Å². The third-order valence-electron chi connectivity index (χ3n) is 5.16. The number of nitrogens with zero attached hydrogens (tertiary/aromatic N) is 2. The second-order valence-corrected chi connectivity index (χ2v) is 8.10. The minimum absolute atomic E-state index is 0.00876. The Bertz CT molecular complexity index is 1380. The highest BCUT2D eigenvalue weighted by atomic mass is 79.9. The molecule has 0 saturated carbocycles. The molecule has 1 atom stereocenters. The second kappa shape index (κ2) is 6.81. The summed E-state index contributed by atoms with van der Waals surface area (Å²) < 4.78 is 6.64. The Kier molecular flexibility index (Phi) is 4.22. The number of benzene rings is 2. The molecule has 0 spiro atoms. The summed E-state index contributed by atoms with van der Waals surface area (Å²) in [4.78, 5) is 32.7. The molecule has 4 aromatic rings. The van der Waals surface area contributed by atoms with Crippen molar-refractivity contribution in [3.05, 3.63) is 97.9 Å². The SMILES string of the molecule is Cc1ccc(N2C(=O)c3oc4ccc(Br)cc4c(=O)c3C2c2cccc(O)c2)nc1. The van der Waals surface area contributed by atoms with Gasteiger partial charge in [0.1, 0.15) is 17.2 Å². The zero-order valence-corrected chi connectivity index (χ0v) is 17.4. The zero-order valence-electron chi connectivity index (χ0n) is 15.8. The van der Waals surface area contributed by atoms with E-state index >= 15 is 0 Å². The number of amides is 1. The highest BCUT2D eigenvalue weighted by molar-refractivity contribution is 9.10. The van der Waals surface area contributed by atoms with Gasteiger partial charge in [-0.2, -0.15) is 0 Å². The van der Waals surface area contributed by atoms with Gasteiger partial charge in [-0.05, 0) is 54.4 Å². The fourth-order valence-electron chi connectivity index (χ4n) is 3.79. The van der Waals surface area contributed by atoms with Gasteiger partial charge in [-0.3, -0.25) is 14.5 Å². The summed E-state index contributed by atoms with van der Waals surface area (Å²) >= 11 is 3.38. The monoisotopic (exact) mass is 462 g/mol. The minimum atomic E-state index is -0.769. The molecule has 1 aliphatic heterocycles. The van der Waals surface area contributed by atoms with Gasteiger partial charge in [0.15, 0.2) is 5.43 Å². The Hall–Kier alpha value is -3.45. The number of anilines is 1. The van der Waals surface area contributed by atoms with Crippen LogP contribution in [0.5, 0.6) is 5.75 Å². The van der Waals surface area contributed by atoms with Crippen LogP contribution in [-0.2, 0) is 0 Å². The fourth-order valence-corrected chi connectivity index (χ4v) is 4.16. The van der Waals surface area contributed by atoms with E-state index in [0.29, 0.717) is 22.4 Å². The lowest BCUT2D eigenvalue weighted by Gasteiger charge is -2.24. The Labute approximate surface area is 179 Å². The first-order chi connectivity index (χ1) is 14.4. The van der Waals surface area contributed by atoms with E-state index in [1.165, 1.54) is 11.0 Å². The molecule has 30 heavy (non-hydrogen) atoms. The minimum Gasteiger partial charge on any atom is -0.508 e. The highest BCUT2D eigenvalue weighted by Crippen LogP contribution is 2.41. The summed E-state index contributed by atoms with van der Waals surface area (Å²) in [6.45, 7) is 1.90. The van der Waals surface area contributed by atoms with E-state index in [1.54, 1.807) is 48.7 Å². The van der Waals surface area contributed by atoms with Crippen molar-refractivity contribution in [3.63, 3.8) is 0 Å². The summed E-state index contributed by atoms with van der Waals surface area (Å²) in [5.74, 6) is -0.0183. The van der Waals surface area contributed by atoms with E-state index < -0.39 is 11.9 Å². The molecule has 1 aliphatic rings. The lowest BCUT2D eigenvalue weighted by molar-refractivity contribution is 0.0970. The van der Waals surface area contributed by atoms with Crippen molar-refractivity contribution >= 4 is 38.6 Å². The van der Waals surface area contributed by atoms with Gasteiger partial charge in [-0.15, -0.1) is 0 Å². The first kappa shape index (κ1) is 18.6. The lowest BCUT2D eigenvalue weighted by atomic mass is 9.98. The average Bonchev–Trinajstić information content (AvgIpc) is 3.02. The maximum absolute atomic E-state index is 13.5. The maximum atomic E-state index is 13.5. The number of fused-ring (bicyclic) bond motifs is 2. The van der Waals surface area contributed by atoms with Crippen molar-refractivity contribution in [2.24, 2.45) is 0 Å². The molecular formula is C23H15BrN2O4. The van der Waals surface area contributed by atoms with E-state index in [-0.39, 0.29) is 22.5 Å². The van der Waals surface area contributed by atoms with Crippen molar-refractivity contribution in [2.75, 3.05) is 4.90 Å². The molecular weight excluding hydrogens is 448 g/mol. The molecule has 5 rings (SSSR count). The van der Waals surface area contributed by atoms with Gasteiger partial charge in [0.2, 0.25) is 5.76 Å². The van der Waals surface area contributed by atoms with Gasteiger partial charge in [0.05, 0.1) is 17.0 Å². The Morgan fingerprint density at radius 1 is 1.10 bits per heavy atom. The van der Waals surface area contributed by atoms with E-state index in [9.17, 15) is 14.7 Å². The number of carbonyl (C=O) groups is 1. The number of halogens is 1. The molecule has 0 radical (unpaired) electrons. The van der Waals surface area contributed by atoms with Crippen LogP contribution in [0.1, 0.15) is 33.3 Å². The predicted molar refractivity (Wildman–Crippen MR) is 116 cm³/mol. The summed E-state index contributed by atoms with van der Waals surface area (Å²) in [6.07, 6.45) is 1.66. The number of hydrogen-bond donors (Lipinski definition) is 1. The third-order valence-corrected chi connectivity index (χ3v) is 5.65. The molecule has 7 heteroatoms. The molecule has 0 bridgehead atoms. The highest BCUT2D eigenvalue weighted by Gasteiger charge is 2.44. The molecule has 1 unspecified atom stereocenters. The standard InChI is InChI=1S/C23H15BrN2O4/c1-12-5-8-18(25-11-12)26-20(13-3-2-4-15(27)9-13)19-21(28)16-10-14(24)6-7-17(16)30-22(19)23(26)29/h2-11,20,27H,1H3. The molecule has 0 fully saturated rings. The molecule has 0 saturated heterocycles. The van der Waals surface area contributed by atoms with E-state index in [1.807, 2.05) is 13.0 Å². The number of aryl methyl sites for hydroxylation is 1. The molecule has 0 aliphatic carbocycles. The van der Waals surface area contributed by atoms with E-state index in [2.05, 4.69) is 20.9 Å². The van der Waals surface area contributed by atoms with Crippen LogP contribution >= 0.6 is 15.9 Å². The molecule has 2 aromatic carbocycles. The maximum Gasteiger partial charge on any atom is 0.296 e. The van der Waals surface area contributed by atoms with Crippen LogP contribution in [0.25, 0.3) is 11.0 Å². The van der Waals surface area contributed by atoms with Gasteiger partial charge < -0.3 is 9.52 Å².